The minimum absolute atomic E-state index is 0.366. The van der Waals surface area contributed by atoms with Crippen LogP contribution in [-0.4, -0.2) is 62.0 Å². The highest BCUT2D eigenvalue weighted by Gasteiger charge is 2.18. The molecule has 0 unspecified atom stereocenters. The Morgan fingerprint density at radius 2 is 1.79 bits per heavy atom. The van der Waals surface area contributed by atoms with Gasteiger partial charge in [-0.25, -0.2) is 8.42 Å². The number of thiocarbonyl (C=S) groups is 1. The maximum atomic E-state index is 11.6. The Hall–Kier alpha value is -1.61. The first-order chi connectivity index (χ1) is 13.9. The molecule has 0 bridgehead atoms. The molecule has 2 aromatic rings. The molecule has 156 valence electrons. The molecule has 29 heavy (non-hydrogen) atoms. The number of nitrogens with zero attached hydrogens (tertiary/aromatic N) is 2. The van der Waals surface area contributed by atoms with E-state index in [0.29, 0.717) is 4.90 Å². The fraction of sp³-hybridized carbons (Fsp3) is 0.381. The van der Waals surface area contributed by atoms with Gasteiger partial charge in [0.25, 0.3) is 0 Å². The summed E-state index contributed by atoms with van der Waals surface area (Å²) < 4.78 is 23.2. The number of hydrogen-bond donors (Lipinski definition) is 1. The van der Waals surface area contributed by atoms with Crippen molar-refractivity contribution >= 4 is 44.6 Å². The molecule has 0 radical (unpaired) electrons. The van der Waals surface area contributed by atoms with Crippen molar-refractivity contribution in [1.29, 1.82) is 0 Å². The number of hydrogen-bond acceptors (Lipinski definition) is 5. The van der Waals surface area contributed by atoms with Crippen molar-refractivity contribution in [2.45, 2.75) is 22.8 Å². The van der Waals surface area contributed by atoms with Crippen molar-refractivity contribution < 1.29 is 8.42 Å². The molecule has 1 N–H and O–H groups in total. The first-order valence-corrected chi connectivity index (χ1v) is 13.1. The van der Waals surface area contributed by atoms with E-state index in [2.05, 4.69) is 33.5 Å². The van der Waals surface area contributed by atoms with E-state index in [0.717, 1.165) is 55.5 Å². The molecular weight excluding hydrogens is 422 g/mol. The van der Waals surface area contributed by atoms with Gasteiger partial charge in [-0.3, -0.25) is 4.90 Å². The fourth-order valence-electron chi connectivity index (χ4n) is 3.37. The molecule has 1 saturated heterocycles. The quantitative estimate of drug-likeness (QED) is 0.551. The molecule has 1 fully saturated rings. The van der Waals surface area contributed by atoms with Crippen LogP contribution in [-0.2, 0) is 16.4 Å². The summed E-state index contributed by atoms with van der Waals surface area (Å²) in [7, 11) is -3.15. The van der Waals surface area contributed by atoms with Crippen LogP contribution in [0.1, 0.15) is 12.0 Å². The molecule has 8 heteroatoms. The molecule has 0 aromatic heterocycles. The van der Waals surface area contributed by atoms with Crippen LogP contribution in [0.4, 0.5) is 5.69 Å². The first-order valence-electron chi connectivity index (χ1n) is 9.57. The van der Waals surface area contributed by atoms with Crippen molar-refractivity contribution in [3.63, 3.8) is 0 Å². The molecule has 3 rings (SSSR count). The smallest absolute Gasteiger partial charge is 0.175 e. The second-order valence-electron chi connectivity index (χ2n) is 7.16. The lowest BCUT2D eigenvalue weighted by Crippen LogP contribution is -2.37. The highest BCUT2D eigenvalue weighted by molar-refractivity contribution is 7.98. The maximum absolute atomic E-state index is 11.6. The second kappa shape index (κ2) is 9.93. The van der Waals surface area contributed by atoms with Gasteiger partial charge in [-0.1, -0.05) is 24.3 Å². The van der Waals surface area contributed by atoms with E-state index in [1.807, 2.05) is 24.3 Å². The molecule has 2 aromatic carbocycles. The average molecular weight is 450 g/mol. The van der Waals surface area contributed by atoms with Gasteiger partial charge in [0.1, 0.15) is 0 Å². The Morgan fingerprint density at radius 3 is 2.48 bits per heavy atom. The lowest BCUT2D eigenvalue weighted by Gasteiger charge is -2.25. The number of benzene rings is 2. The van der Waals surface area contributed by atoms with Crippen LogP contribution in [0, 0.1) is 0 Å². The molecule has 0 spiro atoms. The SMILES string of the molecule is CSc1ccccc1NC(=S)N1CCCN(Cc2ccc(S(C)(=O)=O)cc2)CC1. The summed E-state index contributed by atoms with van der Waals surface area (Å²) in [6, 6.07) is 15.4. The normalized spacial score (nSPS) is 15.7. The summed E-state index contributed by atoms with van der Waals surface area (Å²) in [6.45, 7) is 4.52. The van der Waals surface area contributed by atoms with E-state index < -0.39 is 9.84 Å². The van der Waals surface area contributed by atoms with Crippen LogP contribution in [0.5, 0.6) is 0 Å². The predicted octanol–water partition coefficient (Wildman–Crippen LogP) is 3.72. The monoisotopic (exact) mass is 449 g/mol. The Kier molecular flexibility index (Phi) is 7.56. The van der Waals surface area contributed by atoms with Crippen LogP contribution in [0.3, 0.4) is 0 Å². The third kappa shape index (κ3) is 6.18. The van der Waals surface area contributed by atoms with E-state index in [4.69, 9.17) is 12.2 Å². The van der Waals surface area contributed by atoms with E-state index >= 15 is 0 Å². The lowest BCUT2D eigenvalue weighted by atomic mass is 10.2. The zero-order valence-corrected chi connectivity index (χ0v) is 19.2. The van der Waals surface area contributed by atoms with Crippen molar-refractivity contribution in [2.24, 2.45) is 0 Å². The van der Waals surface area contributed by atoms with Crippen molar-refractivity contribution in [2.75, 3.05) is 44.0 Å². The summed E-state index contributed by atoms with van der Waals surface area (Å²) in [5.74, 6) is 0. The summed E-state index contributed by atoms with van der Waals surface area (Å²) in [6.07, 6.45) is 4.34. The minimum atomic E-state index is -3.15. The van der Waals surface area contributed by atoms with Crippen molar-refractivity contribution in [1.82, 2.24) is 9.80 Å². The zero-order valence-electron chi connectivity index (χ0n) is 16.8. The summed E-state index contributed by atoms with van der Waals surface area (Å²) in [4.78, 5) is 6.18. The zero-order chi connectivity index (χ0) is 20.9. The van der Waals surface area contributed by atoms with E-state index in [9.17, 15) is 8.42 Å². The standard InChI is InChI=1S/C21H27N3O2S3/c1-28-20-7-4-3-6-19(20)22-21(27)24-13-5-12-23(14-15-24)16-17-8-10-18(11-9-17)29(2,25)26/h3-4,6-11H,5,12-16H2,1-2H3,(H,22,27). The van der Waals surface area contributed by atoms with Crippen LogP contribution in [0.15, 0.2) is 58.3 Å². The van der Waals surface area contributed by atoms with Crippen LogP contribution >= 0.6 is 24.0 Å². The number of rotatable bonds is 5. The lowest BCUT2D eigenvalue weighted by molar-refractivity contribution is 0.278. The first kappa shape index (κ1) is 22.1. The van der Waals surface area contributed by atoms with Crippen LogP contribution in [0.2, 0.25) is 0 Å². The van der Waals surface area contributed by atoms with E-state index in [1.165, 1.54) is 11.2 Å². The predicted molar refractivity (Wildman–Crippen MR) is 125 cm³/mol. The van der Waals surface area contributed by atoms with Crippen LogP contribution < -0.4 is 5.32 Å². The summed E-state index contributed by atoms with van der Waals surface area (Å²) >= 11 is 7.38. The number of nitrogens with one attached hydrogen (secondary N) is 1. The molecule has 0 amide bonds. The van der Waals surface area contributed by atoms with E-state index in [1.54, 1.807) is 23.9 Å². The van der Waals surface area contributed by atoms with Gasteiger partial charge < -0.3 is 10.2 Å². The molecule has 0 atom stereocenters. The Bertz CT molecular complexity index is 946. The molecular formula is C21H27N3O2S3. The average Bonchev–Trinajstić information content (AvgIpc) is 2.94. The van der Waals surface area contributed by atoms with E-state index in [-0.39, 0.29) is 0 Å². The third-order valence-electron chi connectivity index (χ3n) is 4.98. The molecule has 1 aliphatic rings. The summed E-state index contributed by atoms with van der Waals surface area (Å²) in [5.41, 5.74) is 2.18. The topological polar surface area (TPSA) is 52.6 Å². The Morgan fingerprint density at radius 1 is 1.07 bits per heavy atom. The highest BCUT2D eigenvalue weighted by atomic mass is 32.2. The fourth-order valence-corrected chi connectivity index (χ4v) is 4.85. The van der Waals surface area contributed by atoms with Crippen molar-refractivity contribution in [3.8, 4) is 0 Å². The van der Waals surface area contributed by atoms with Gasteiger partial charge >= 0.3 is 0 Å². The molecule has 0 saturated carbocycles. The molecule has 5 nitrogen and oxygen atoms in total. The van der Waals surface area contributed by atoms with Gasteiger partial charge in [0.05, 0.1) is 10.6 Å². The third-order valence-corrected chi connectivity index (χ3v) is 7.27. The molecule has 0 aliphatic carbocycles. The van der Waals surface area contributed by atoms with Gasteiger partial charge in [0.2, 0.25) is 0 Å². The number of para-hydroxylation sites is 1. The van der Waals surface area contributed by atoms with Gasteiger partial charge in [0.15, 0.2) is 14.9 Å². The van der Waals surface area contributed by atoms with Gasteiger partial charge in [-0.05, 0) is 54.7 Å². The van der Waals surface area contributed by atoms with Gasteiger partial charge in [-0.2, -0.15) is 0 Å². The maximum Gasteiger partial charge on any atom is 0.175 e. The molecule has 1 aliphatic heterocycles. The summed E-state index contributed by atoms with van der Waals surface area (Å²) in [5, 5.41) is 4.17. The number of anilines is 1. The Balaban J connectivity index is 1.56. The van der Waals surface area contributed by atoms with Gasteiger partial charge in [0, 0.05) is 43.9 Å². The highest BCUT2D eigenvalue weighted by Crippen LogP contribution is 2.25. The minimum Gasteiger partial charge on any atom is -0.348 e. The van der Waals surface area contributed by atoms with Crippen molar-refractivity contribution in [3.05, 3.63) is 54.1 Å². The van der Waals surface area contributed by atoms with Gasteiger partial charge in [-0.15, -0.1) is 11.8 Å². The Labute approximate surface area is 183 Å². The second-order valence-corrected chi connectivity index (χ2v) is 10.4. The largest absolute Gasteiger partial charge is 0.348 e. The molecule has 1 heterocycles. The van der Waals surface area contributed by atoms with Crippen LogP contribution in [0.25, 0.3) is 0 Å². The number of sulfone groups is 1. The number of thioether (sulfide) groups is 1.